The first kappa shape index (κ1) is 23.9. The van der Waals surface area contributed by atoms with E-state index < -0.39 is 0 Å². The van der Waals surface area contributed by atoms with Crippen molar-refractivity contribution in [2.75, 3.05) is 25.0 Å². The van der Waals surface area contributed by atoms with Crippen LogP contribution in [0.3, 0.4) is 0 Å². The van der Waals surface area contributed by atoms with Crippen LogP contribution in [0.2, 0.25) is 0 Å². The Balaban J connectivity index is 0.00000320. The number of amides is 2. The van der Waals surface area contributed by atoms with Crippen molar-refractivity contribution in [2.24, 2.45) is 17.6 Å². The molecule has 5 nitrogen and oxygen atoms in total. The molecule has 0 bridgehead atoms. The number of nitrogens with one attached hydrogen (secondary N) is 1. The van der Waals surface area contributed by atoms with Gasteiger partial charge in [0.15, 0.2) is 0 Å². The Morgan fingerprint density at radius 1 is 1.13 bits per heavy atom. The molecular weight excluding hydrogens is 398 g/mol. The molecule has 6 heteroatoms. The Hall–Kier alpha value is -2.37. The van der Waals surface area contributed by atoms with Crippen molar-refractivity contribution in [2.45, 2.75) is 33.1 Å². The summed E-state index contributed by atoms with van der Waals surface area (Å²) >= 11 is 0. The average Bonchev–Trinajstić information content (AvgIpc) is 3.13. The molecule has 1 aliphatic rings. The molecule has 30 heavy (non-hydrogen) atoms. The molecule has 2 aromatic rings. The number of halogens is 1. The predicted molar refractivity (Wildman–Crippen MR) is 124 cm³/mol. The van der Waals surface area contributed by atoms with Crippen LogP contribution in [0.1, 0.15) is 47.7 Å². The zero-order valence-electron chi connectivity index (χ0n) is 17.9. The molecule has 1 aliphatic heterocycles. The van der Waals surface area contributed by atoms with E-state index in [-0.39, 0.29) is 36.1 Å². The third-order valence-corrected chi connectivity index (χ3v) is 5.60. The van der Waals surface area contributed by atoms with E-state index in [0.29, 0.717) is 37.5 Å². The van der Waals surface area contributed by atoms with Gasteiger partial charge in [-0.25, -0.2) is 0 Å². The van der Waals surface area contributed by atoms with Gasteiger partial charge in [0.2, 0.25) is 5.91 Å². The lowest BCUT2D eigenvalue weighted by atomic mass is 9.89. The maximum Gasteiger partial charge on any atom is 0.253 e. The van der Waals surface area contributed by atoms with Gasteiger partial charge in [0.25, 0.3) is 5.91 Å². The van der Waals surface area contributed by atoms with E-state index in [1.54, 1.807) is 6.07 Å². The van der Waals surface area contributed by atoms with Gasteiger partial charge in [0.05, 0.1) is 0 Å². The molecule has 0 radical (unpaired) electrons. The number of nitrogens with zero attached hydrogens (tertiary/aromatic N) is 1. The largest absolute Gasteiger partial charge is 0.338 e. The number of hydrogen-bond donors (Lipinski definition) is 2. The number of carbonyl (C=O) groups excluding carboxylic acids is 2. The molecule has 2 aromatic carbocycles. The molecule has 1 saturated heterocycles. The normalized spacial score (nSPS) is 18.2. The van der Waals surface area contributed by atoms with Crippen LogP contribution in [0.4, 0.5) is 5.69 Å². The van der Waals surface area contributed by atoms with E-state index in [2.05, 4.69) is 17.4 Å². The number of hydrogen-bond acceptors (Lipinski definition) is 3. The van der Waals surface area contributed by atoms with Crippen molar-refractivity contribution >= 4 is 29.9 Å². The highest BCUT2D eigenvalue weighted by Crippen LogP contribution is 2.33. The molecule has 0 aliphatic carbocycles. The second-order valence-electron chi connectivity index (χ2n) is 8.40. The average molecular weight is 430 g/mol. The van der Waals surface area contributed by atoms with Crippen LogP contribution in [0.15, 0.2) is 48.5 Å². The minimum atomic E-state index is -0.00166. The summed E-state index contributed by atoms with van der Waals surface area (Å²) in [5.41, 5.74) is 9.54. The van der Waals surface area contributed by atoms with Gasteiger partial charge in [-0.05, 0) is 54.6 Å². The molecule has 3 rings (SSSR count). The summed E-state index contributed by atoms with van der Waals surface area (Å²) in [6, 6.07) is 15.8. The summed E-state index contributed by atoms with van der Waals surface area (Å²) in [7, 11) is 0. The molecule has 0 aromatic heterocycles. The molecule has 0 unspecified atom stereocenters. The highest BCUT2D eigenvalue weighted by atomic mass is 35.5. The van der Waals surface area contributed by atoms with Crippen molar-refractivity contribution in [3.8, 4) is 0 Å². The van der Waals surface area contributed by atoms with Gasteiger partial charge in [-0.2, -0.15) is 0 Å². The Labute approximate surface area is 185 Å². The van der Waals surface area contributed by atoms with Crippen LogP contribution in [0.25, 0.3) is 0 Å². The minimum absolute atomic E-state index is 0. The molecular formula is C24H32ClN3O2. The van der Waals surface area contributed by atoms with E-state index in [4.69, 9.17) is 5.73 Å². The number of aryl methyl sites for hydroxylation is 1. The number of likely N-dealkylation sites (tertiary alicyclic amines) is 1. The molecule has 3 N–H and O–H groups in total. The van der Waals surface area contributed by atoms with Crippen LogP contribution in [-0.2, 0) is 4.79 Å². The Bertz CT molecular complexity index is 870. The fourth-order valence-electron chi connectivity index (χ4n) is 4.05. The van der Waals surface area contributed by atoms with Crippen molar-refractivity contribution in [3.63, 3.8) is 0 Å². The molecule has 0 saturated carbocycles. The van der Waals surface area contributed by atoms with E-state index in [9.17, 15) is 9.59 Å². The highest BCUT2D eigenvalue weighted by Gasteiger charge is 2.35. The summed E-state index contributed by atoms with van der Waals surface area (Å²) < 4.78 is 0. The zero-order chi connectivity index (χ0) is 21.0. The van der Waals surface area contributed by atoms with Crippen molar-refractivity contribution < 1.29 is 9.59 Å². The summed E-state index contributed by atoms with van der Waals surface area (Å²) in [5, 5.41) is 2.94. The summed E-state index contributed by atoms with van der Waals surface area (Å²) in [4.78, 5) is 27.1. The first-order valence-electron chi connectivity index (χ1n) is 10.3. The number of benzene rings is 2. The van der Waals surface area contributed by atoms with E-state index in [1.807, 2.05) is 56.0 Å². The SMILES string of the molecule is Cc1cc(C(=O)N2C[C@@H](CN)[C@H](c3ccccc3)C2)ccc1NC(=O)CC(C)C.Cl. The number of carbonyl (C=O) groups is 2. The van der Waals surface area contributed by atoms with Crippen LogP contribution >= 0.6 is 12.4 Å². The predicted octanol–water partition coefficient (Wildman–Crippen LogP) is 4.22. The summed E-state index contributed by atoms with van der Waals surface area (Å²) in [6.45, 7) is 7.85. The Kier molecular flexibility index (Phi) is 8.44. The third-order valence-electron chi connectivity index (χ3n) is 5.60. The van der Waals surface area contributed by atoms with Crippen LogP contribution in [0, 0.1) is 18.8 Å². The summed E-state index contributed by atoms with van der Waals surface area (Å²) in [5.74, 6) is 0.848. The third kappa shape index (κ3) is 5.61. The second kappa shape index (κ2) is 10.6. The fraction of sp³-hybridized carbons (Fsp3) is 0.417. The second-order valence-corrected chi connectivity index (χ2v) is 8.40. The highest BCUT2D eigenvalue weighted by molar-refractivity contribution is 5.96. The van der Waals surface area contributed by atoms with Gasteiger partial charge >= 0.3 is 0 Å². The maximum absolute atomic E-state index is 13.1. The van der Waals surface area contributed by atoms with Crippen LogP contribution in [0.5, 0.6) is 0 Å². The van der Waals surface area contributed by atoms with Crippen molar-refractivity contribution in [1.29, 1.82) is 0 Å². The summed E-state index contributed by atoms with van der Waals surface area (Å²) in [6.07, 6.45) is 0.481. The standard InChI is InChI=1S/C24H31N3O2.ClH/c1-16(2)11-23(28)26-22-10-9-19(12-17(22)3)24(29)27-14-20(13-25)21(15-27)18-7-5-4-6-8-18;/h4-10,12,16,20-21H,11,13-15,25H2,1-3H3,(H,26,28);1H/t20-,21+;/m1./s1. The van der Waals surface area contributed by atoms with Gasteiger partial charge in [-0.15, -0.1) is 12.4 Å². The quantitative estimate of drug-likeness (QED) is 0.721. The van der Waals surface area contributed by atoms with Crippen LogP contribution in [-0.4, -0.2) is 36.3 Å². The molecule has 2 amide bonds. The molecule has 0 spiro atoms. The smallest absolute Gasteiger partial charge is 0.253 e. The molecule has 162 valence electrons. The molecule has 1 fully saturated rings. The number of rotatable bonds is 6. The van der Waals surface area contributed by atoms with Crippen molar-refractivity contribution in [1.82, 2.24) is 4.90 Å². The Morgan fingerprint density at radius 2 is 1.83 bits per heavy atom. The van der Waals surface area contributed by atoms with Crippen molar-refractivity contribution in [3.05, 3.63) is 65.2 Å². The van der Waals surface area contributed by atoms with Gasteiger partial charge in [-0.1, -0.05) is 44.2 Å². The lowest BCUT2D eigenvalue weighted by Gasteiger charge is -2.18. The Morgan fingerprint density at radius 3 is 2.43 bits per heavy atom. The number of anilines is 1. The first-order chi connectivity index (χ1) is 13.9. The lowest BCUT2D eigenvalue weighted by molar-refractivity contribution is -0.116. The van der Waals surface area contributed by atoms with Gasteiger partial charge < -0.3 is 16.0 Å². The van der Waals surface area contributed by atoms with E-state index in [0.717, 1.165) is 11.3 Å². The lowest BCUT2D eigenvalue weighted by Crippen LogP contribution is -2.30. The number of nitrogens with two attached hydrogens (primary N) is 1. The van der Waals surface area contributed by atoms with Gasteiger partial charge in [-0.3, -0.25) is 9.59 Å². The fourth-order valence-corrected chi connectivity index (χ4v) is 4.05. The van der Waals surface area contributed by atoms with E-state index in [1.165, 1.54) is 5.56 Å². The topological polar surface area (TPSA) is 75.4 Å². The maximum atomic E-state index is 13.1. The van der Waals surface area contributed by atoms with Crippen LogP contribution < -0.4 is 11.1 Å². The van der Waals surface area contributed by atoms with E-state index >= 15 is 0 Å². The van der Waals surface area contributed by atoms with Gasteiger partial charge in [0.1, 0.15) is 0 Å². The minimum Gasteiger partial charge on any atom is -0.338 e. The molecule has 1 heterocycles. The monoisotopic (exact) mass is 429 g/mol. The van der Waals surface area contributed by atoms with Gasteiger partial charge in [0, 0.05) is 36.7 Å². The molecule has 2 atom stereocenters. The first-order valence-corrected chi connectivity index (χ1v) is 10.3. The zero-order valence-corrected chi connectivity index (χ0v) is 18.7.